The summed E-state index contributed by atoms with van der Waals surface area (Å²) in [5.74, 6) is 1.38. The lowest BCUT2D eigenvalue weighted by Crippen LogP contribution is -2.49. The number of rotatable bonds is 6. The molecule has 0 saturated carbocycles. The van der Waals surface area contributed by atoms with Crippen LogP contribution in [0.15, 0.2) is 29.4 Å². The predicted octanol–water partition coefficient (Wildman–Crippen LogP) is 3.13. The van der Waals surface area contributed by atoms with Crippen LogP contribution in [-0.4, -0.2) is 55.1 Å². The second-order valence-corrected chi connectivity index (χ2v) is 7.87. The van der Waals surface area contributed by atoms with E-state index >= 15 is 0 Å². The minimum absolute atomic E-state index is 0.197. The Morgan fingerprint density at radius 3 is 2.81 bits per heavy atom. The minimum atomic E-state index is -0.197. The number of hydrogen-bond donors (Lipinski definition) is 3. The number of nitrogens with zero attached hydrogens (tertiary/aromatic N) is 2. The van der Waals surface area contributed by atoms with Crippen LogP contribution in [0.25, 0.3) is 10.9 Å². The average Bonchev–Trinajstić information content (AvgIpc) is 3.04. The average molecular weight is 374 g/mol. The summed E-state index contributed by atoms with van der Waals surface area (Å²) in [6.07, 6.45) is 5.08. The van der Waals surface area contributed by atoms with E-state index in [0.717, 1.165) is 67.2 Å². The highest BCUT2D eigenvalue weighted by molar-refractivity contribution is 5.83. The van der Waals surface area contributed by atoms with Gasteiger partial charge in [0.15, 0.2) is 5.96 Å². The Morgan fingerprint density at radius 1 is 1.33 bits per heavy atom. The Hall–Kier alpha value is -2.08. The van der Waals surface area contributed by atoms with Crippen molar-refractivity contribution in [2.45, 2.75) is 39.2 Å². The van der Waals surface area contributed by atoms with Gasteiger partial charge in [-0.1, -0.05) is 13.8 Å². The first-order valence-electron chi connectivity index (χ1n) is 10.00. The van der Waals surface area contributed by atoms with Gasteiger partial charge in [-0.25, -0.2) is 4.39 Å². The summed E-state index contributed by atoms with van der Waals surface area (Å²) >= 11 is 0. The SMILES string of the molecule is CN=C(NCCc1c[nH]c2ccc(F)cc12)NC1CCN(CC(C)C)CC1. The van der Waals surface area contributed by atoms with Crippen molar-refractivity contribution in [3.63, 3.8) is 0 Å². The number of guanidine groups is 1. The van der Waals surface area contributed by atoms with Crippen molar-refractivity contribution in [2.24, 2.45) is 10.9 Å². The summed E-state index contributed by atoms with van der Waals surface area (Å²) in [7, 11) is 1.81. The molecule has 2 heterocycles. The molecule has 1 aliphatic rings. The molecule has 1 aromatic carbocycles. The monoisotopic (exact) mass is 373 g/mol. The molecule has 6 heteroatoms. The van der Waals surface area contributed by atoms with Crippen LogP contribution in [-0.2, 0) is 6.42 Å². The molecule has 3 N–H and O–H groups in total. The van der Waals surface area contributed by atoms with E-state index in [1.807, 2.05) is 13.2 Å². The van der Waals surface area contributed by atoms with Crippen LogP contribution in [0.4, 0.5) is 4.39 Å². The normalized spacial score (nSPS) is 17.0. The number of benzene rings is 1. The van der Waals surface area contributed by atoms with Crippen molar-refractivity contribution in [3.8, 4) is 0 Å². The van der Waals surface area contributed by atoms with Crippen LogP contribution >= 0.6 is 0 Å². The van der Waals surface area contributed by atoms with E-state index in [2.05, 4.69) is 39.4 Å². The standard InChI is InChI=1S/C21H32FN5/c1-15(2)14-27-10-7-18(8-11-27)26-21(23-3)24-9-6-16-13-25-20-5-4-17(22)12-19(16)20/h4-5,12-13,15,18,25H,6-11,14H2,1-3H3,(H2,23,24,26). The number of H-pyrrole nitrogens is 1. The summed E-state index contributed by atoms with van der Waals surface area (Å²) in [6.45, 7) is 8.79. The largest absolute Gasteiger partial charge is 0.361 e. The molecule has 27 heavy (non-hydrogen) atoms. The van der Waals surface area contributed by atoms with Gasteiger partial charge in [-0.15, -0.1) is 0 Å². The van der Waals surface area contributed by atoms with Crippen LogP contribution in [0.3, 0.4) is 0 Å². The summed E-state index contributed by atoms with van der Waals surface area (Å²) in [4.78, 5) is 10.1. The van der Waals surface area contributed by atoms with E-state index in [4.69, 9.17) is 0 Å². The second kappa shape index (κ2) is 9.22. The van der Waals surface area contributed by atoms with Crippen LogP contribution in [0.5, 0.6) is 0 Å². The van der Waals surface area contributed by atoms with E-state index in [0.29, 0.717) is 6.04 Å². The molecule has 1 fully saturated rings. The molecule has 2 aromatic rings. The molecular formula is C21H32FN5. The molecule has 0 unspecified atom stereocenters. The minimum Gasteiger partial charge on any atom is -0.361 e. The zero-order valence-corrected chi connectivity index (χ0v) is 16.7. The van der Waals surface area contributed by atoms with Gasteiger partial charge >= 0.3 is 0 Å². The van der Waals surface area contributed by atoms with Crippen molar-refractivity contribution >= 4 is 16.9 Å². The van der Waals surface area contributed by atoms with Gasteiger partial charge in [0.25, 0.3) is 0 Å². The Kier molecular flexibility index (Phi) is 6.72. The lowest BCUT2D eigenvalue weighted by atomic mass is 10.0. The fourth-order valence-electron chi connectivity index (χ4n) is 3.84. The molecular weight excluding hydrogens is 341 g/mol. The number of piperidine rings is 1. The number of fused-ring (bicyclic) bond motifs is 1. The van der Waals surface area contributed by atoms with Crippen LogP contribution in [0.1, 0.15) is 32.3 Å². The van der Waals surface area contributed by atoms with Gasteiger partial charge in [-0.2, -0.15) is 0 Å². The molecule has 5 nitrogen and oxygen atoms in total. The van der Waals surface area contributed by atoms with Crippen LogP contribution < -0.4 is 10.6 Å². The first kappa shape index (κ1) is 19.7. The summed E-state index contributed by atoms with van der Waals surface area (Å²) in [5.41, 5.74) is 2.09. The van der Waals surface area contributed by atoms with E-state index < -0.39 is 0 Å². The highest BCUT2D eigenvalue weighted by Gasteiger charge is 2.20. The molecule has 0 spiro atoms. The lowest BCUT2D eigenvalue weighted by molar-refractivity contribution is 0.187. The van der Waals surface area contributed by atoms with Gasteiger partial charge in [-0.05, 0) is 48.9 Å². The van der Waals surface area contributed by atoms with Crippen molar-refractivity contribution in [2.75, 3.05) is 33.2 Å². The molecule has 1 aromatic heterocycles. The molecule has 0 aliphatic carbocycles. The van der Waals surface area contributed by atoms with Gasteiger partial charge in [0.1, 0.15) is 5.82 Å². The fraction of sp³-hybridized carbons (Fsp3) is 0.571. The van der Waals surface area contributed by atoms with Crippen molar-refractivity contribution in [3.05, 3.63) is 35.8 Å². The Bertz CT molecular complexity index is 759. The molecule has 0 radical (unpaired) electrons. The van der Waals surface area contributed by atoms with E-state index in [1.54, 1.807) is 12.1 Å². The Labute approximate surface area is 161 Å². The van der Waals surface area contributed by atoms with Crippen molar-refractivity contribution < 1.29 is 4.39 Å². The van der Waals surface area contributed by atoms with Crippen molar-refractivity contribution in [1.29, 1.82) is 0 Å². The van der Waals surface area contributed by atoms with Crippen LogP contribution in [0.2, 0.25) is 0 Å². The number of aromatic amines is 1. The molecule has 1 aliphatic heterocycles. The highest BCUT2D eigenvalue weighted by Crippen LogP contribution is 2.19. The van der Waals surface area contributed by atoms with Gasteiger partial charge in [0.05, 0.1) is 0 Å². The maximum Gasteiger partial charge on any atom is 0.191 e. The maximum atomic E-state index is 13.5. The number of likely N-dealkylation sites (tertiary alicyclic amines) is 1. The summed E-state index contributed by atoms with van der Waals surface area (Å²) < 4.78 is 13.5. The number of aliphatic imine (C=N–C) groups is 1. The predicted molar refractivity (Wildman–Crippen MR) is 111 cm³/mol. The Balaban J connectivity index is 1.45. The fourth-order valence-corrected chi connectivity index (χ4v) is 3.84. The number of hydrogen-bond acceptors (Lipinski definition) is 2. The second-order valence-electron chi connectivity index (χ2n) is 7.87. The van der Waals surface area contributed by atoms with E-state index in [9.17, 15) is 4.39 Å². The third-order valence-corrected chi connectivity index (χ3v) is 5.19. The first-order valence-corrected chi connectivity index (χ1v) is 10.00. The third kappa shape index (κ3) is 5.45. The number of nitrogens with one attached hydrogen (secondary N) is 3. The van der Waals surface area contributed by atoms with Gasteiger partial charge in [0.2, 0.25) is 0 Å². The first-order chi connectivity index (χ1) is 13.0. The summed E-state index contributed by atoms with van der Waals surface area (Å²) in [5, 5.41) is 7.90. The van der Waals surface area contributed by atoms with Gasteiger partial charge in [0, 0.05) is 56.4 Å². The summed E-state index contributed by atoms with van der Waals surface area (Å²) in [6, 6.07) is 5.34. The van der Waals surface area contributed by atoms with Crippen molar-refractivity contribution in [1.82, 2.24) is 20.5 Å². The molecule has 0 atom stereocenters. The van der Waals surface area contributed by atoms with Gasteiger partial charge < -0.3 is 20.5 Å². The van der Waals surface area contributed by atoms with E-state index in [-0.39, 0.29) is 5.82 Å². The van der Waals surface area contributed by atoms with Gasteiger partial charge in [-0.3, -0.25) is 4.99 Å². The zero-order chi connectivity index (χ0) is 19.2. The van der Waals surface area contributed by atoms with Crippen LogP contribution in [0, 0.1) is 11.7 Å². The highest BCUT2D eigenvalue weighted by atomic mass is 19.1. The lowest BCUT2D eigenvalue weighted by Gasteiger charge is -2.34. The molecule has 0 bridgehead atoms. The molecule has 3 rings (SSSR count). The topological polar surface area (TPSA) is 55.5 Å². The van der Waals surface area contributed by atoms with E-state index in [1.165, 1.54) is 12.6 Å². The quantitative estimate of drug-likeness (QED) is 0.539. The third-order valence-electron chi connectivity index (χ3n) is 5.19. The smallest absolute Gasteiger partial charge is 0.191 e. The molecule has 0 amide bonds. The maximum absolute atomic E-state index is 13.5. The number of halogens is 1. The molecule has 148 valence electrons. The number of aromatic nitrogens is 1. The zero-order valence-electron chi connectivity index (χ0n) is 16.7. The Morgan fingerprint density at radius 2 is 2.11 bits per heavy atom. The molecule has 1 saturated heterocycles.